The first-order valence-electron chi connectivity index (χ1n) is 8.42. The van der Waals surface area contributed by atoms with Gasteiger partial charge >= 0.3 is 0 Å². The topological polar surface area (TPSA) is 17.1 Å². The highest BCUT2D eigenvalue weighted by Crippen LogP contribution is 2.37. The molecule has 0 spiro atoms. The van der Waals surface area contributed by atoms with E-state index in [0.29, 0.717) is 24.0 Å². The highest BCUT2D eigenvalue weighted by atomic mass is 16.1. The number of benzene rings is 2. The van der Waals surface area contributed by atoms with E-state index in [1.54, 1.807) is 0 Å². The molecule has 1 saturated carbocycles. The van der Waals surface area contributed by atoms with Gasteiger partial charge in [0, 0.05) is 12.8 Å². The normalized spacial score (nSPS) is 21.5. The molecule has 1 nitrogen and oxygen atoms in total. The minimum Gasteiger partial charge on any atom is -0.299 e. The molecule has 2 aromatic rings. The molecule has 0 N–H and O–H groups in total. The van der Waals surface area contributed by atoms with Crippen LogP contribution in [0.2, 0.25) is 0 Å². The van der Waals surface area contributed by atoms with Crippen LogP contribution in [-0.2, 0) is 11.2 Å². The van der Waals surface area contributed by atoms with Gasteiger partial charge in [0.1, 0.15) is 5.78 Å². The van der Waals surface area contributed by atoms with Crippen LogP contribution < -0.4 is 0 Å². The largest absolute Gasteiger partial charge is 0.299 e. The van der Waals surface area contributed by atoms with Gasteiger partial charge in [-0.3, -0.25) is 4.79 Å². The van der Waals surface area contributed by atoms with Crippen LogP contribution in [0.15, 0.2) is 60.7 Å². The van der Waals surface area contributed by atoms with Crippen LogP contribution in [0.5, 0.6) is 0 Å². The molecule has 0 heterocycles. The number of Topliss-reactive ketones (excluding diaryl/α,β-unsaturated/α-hetero) is 1. The summed E-state index contributed by atoms with van der Waals surface area (Å²) in [6.07, 6.45) is 6.20. The molecule has 114 valence electrons. The average Bonchev–Trinajstić information content (AvgIpc) is 2.57. The third-order valence-electron chi connectivity index (χ3n) is 4.88. The lowest BCUT2D eigenvalue weighted by atomic mass is 9.77. The lowest BCUT2D eigenvalue weighted by molar-refractivity contribution is -0.119. The number of ketones is 1. The van der Waals surface area contributed by atoms with Gasteiger partial charge in [0.15, 0.2) is 0 Å². The van der Waals surface area contributed by atoms with Gasteiger partial charge in [0.05, 0.1) is 0 Å². The molecule has 0 aliphatic heterocycles. The van der Waals surface area contributed by atoms with Gasteiger partial charge in [-0.25, -0.2) is 0 Å². The molecule has 0 amide bonds. The monoisotopic (exact) mass is 292 g/mol. The summed E-state index contributed by atoms with van der Waals surface area (Å²) in [7, 11) is 0. The Labute approximate surface area is 133 Å². The number of carbonyl (C=O) groups excluding carboxylic acids is 1. The van der Waals surface area contributed by atoms with Crippen LogP contribution in [0.1, 0.15) is 49.1 Å². The van der Waals surface area contributed by atoms with E-state index in [1.807, 2.05) is 30.3 Å². The van der Waals surface area contributed by atoms with Gasteiger partial charge in [-0.15, -0.1) is 0 Å². The molecule has 2 aromatic carbocycles. The zero-order valence-corrected chi connectivity index (χ0v) is 13.1. The number of hydrogen-bond acceptors (Lipinski definition) is 1. The third kappa shape index (κ3) is 4.07. The fourth-order valence-electron chi connectivity index (χ4n) is 3.64. The van der Waals surface area contributed by atoms with Crippen molar-refractivity contribution < 1.29 is 4.79 Å². The van der Waals surface area contributed by atoms with Crippen molar-refractivity contribution in [3.8, 4) is 0 Å². The molecule has 0 saturated heterocycles. The number of hydrogen-bond donors (Lipinski definition) is 0. The second-order valence-corrected chi connectivity index (χ2v) is 6.53. The van der Waals surface area contributed by atoms with E-state index in [9.17, 15) is 4.79 Å². The maximum atomic E-state index is 12.2. The van der Waals surface area contributed by atoms with Gasteiger partial charge in [-0.1, -0.05) is 60.7 Å². The summed E-state index contributed by atoms with van der Waals surface area (Å²) < 4.78 is 0. The molecule has 0 bridgehead atoms. The molecule has 3 rings (SSSR count). The average molecular weight is 292 g/mol. The Bertz CT molecular complexity index is 580. The fraction of sp³-hybridized carbons (Fsp3) is 0.381. The first kappa shape index (κ1) is 15.0. The quantitative estimate of drug-likeness (QED) is 0.743. The van der Waals surface area contributed by atoms with Crippen LogP contribution >= 0.6 is 0 Å². The molecule has 1 fully saturated rings. The van der Waals surface area contributed by atoms with Gasteiger partial charge in [0.2, 0.25) is 0 Å². The summed E-state index contributed by atoms with van der Waals surface area (Å²) >= 11 is 0. The molecular weight excluding hydrogens is 268 g/mol. The molecular formula is C21H24O. The molecule has 0 aromatic heterocycles. The van der Waals surface area contributed by atoms with Crippen molar-refractivity contribution in [2.45, 2.75) is 44.4 Å². The van der Waals surface area contributed by atoms with Crippen molar-refractivity contribution in [1.82, 2.24) is 0 Å². The Balaban J connectivity index is 1.47. The van der Waals surface area contributed by atoms with Crippen molar-refractivity contribution in [2.24, 2.45) is 5.92 Å². The van der Waals surface area contributed by atoms with Crippen molar-refractivity contribution in [2.75, 3.05) is 0 Å². The summed E-state index contributed by atoms with van der Waals surface area (Å²) in [5.41, 5.74) is 2.61. The highest BCUT2D eigenvalue weighted by molar-refractivity contribution is 5.81. The molecule has 0 atom stereocenters. The minimum absolute atomic E-state index is 0.398. The van der Waals surface area contributed by atoms with Gasteiger partial charge in [-0.05, 0) is 48.6 Å². The molecule has 0 unspecified atom stereocenters. The maximum Gasteiger partial charge on any atom is 0.137 e. The summed E-state index contributed by atoms with van der Waals surface area (Å²) in [6, 6.07) is 20.9. The van der Waals surface area contributed by atoms with E-state index in [-0.39, 0.29) is 0 Å². The second kappa shape index (κ2) is 7.40. The summed E-state index contributed by atoms with van der Waals surface area (Å²) in [5.74, 6) is 1.69. The molecule has 22 heavy (non-hydrogen) atoms. The first-order chi connectivity index (χ1) is 10.8. The zero-order valence-electron chi connectivity index (χ0n) is 13.1. The zero-order chi connectivity index (χ0) is 15.2. The third-order valence-corrected chi connectivity index (χ3v) is 4.88. The van der Waals surface area contributed by atoms with Crippen molar-refractivity contribution in [3.63, 3.8) is 0 Å². The van der Waals surface area contributed by atoms with E-state index in [2.05, 4.69) is 30.3 Å². The Morgan fingerprint density at radius 3 is 2.05 bits per heavy atom. The Morgan fingerprint density at radius 1 is 0.818 bits per heavy atom. The van der Waals surface area contributed by atoms with Crippen molar-refractivity contribution in [3.05, 3.63) is 71.8 Å². The summed E-state index contributed by atoms with van der Waals surface area (Å²) in [5, 5.41) is 0. The highest BCUT2D eigenvalue weighted by Gasteiger charge is 2.23. The maximum absolute atomic E-state index is 12.2. The first-order valence-corrected chi connectivity index (χ1v) is 8.42. The number of rotatable bonds is 5. The van der Waals surface area contributed by atoms with E-state index < -0.39 is 0 Å². The van der Waals surface area contributed by atoms with Crippen LogP contribution in [0.25, 0.3) is 0 Å². The Hall–Kier alpha value is -1.89. The second-order valence-electron chi connectivity index (χ2n) is 6.53. The van der Waals surface area contributed by atoms with Gasteiger partial charge in [0.25, 0.3) is 0 Å². The van der Waals surface area contributed by atoms with Crippen LogP contribution in [0, 0.1) is 5.92 Å². The smallest absolute Gasteiger partial charge is 0.137 e. The minimum atomic E-state index is 0.398. The van der Waals surface area contributed by atoms with Crippen LogP contribution in [0.4, 0.5) is 0 Å². The summed E-state index contributed by atoms with van der Waals surface area (Å²) in [4.78, 5) is 12.2. The molecule has 1 aliphatic carbocycles. The Kier molecular flexibility index (Phi) is 5.05. The molecule has 1 heteroatoms. The van der Waals surface area contributed by atoms with Crippen molar-refractivity contribution >= 4 is 5.78 Å². The van der Waals surface area contributed by atoms with Crippen LogP contribution in [-0.4, -0.2) is 5.78 Å². The Morgan fingerprint density at radius 2 is 1.41 bits per heavy atom. The SMILES string of the molecule is O=C(Cc1ccccc1)CC1CCC(c2ccccc2)CC1. The van der Waals surface area contributed by atoms with E-state index >= 15 is 0 Å². The molecule has 0 radical (unpaired) electrons. The number of carbonyl (C=O) groups is 1. The van der Waals surface area contributed by atoms with Gasteiger partial charge < -0.3 is 0 Å². The van der Waals surface area contributed by atoms with E-state index in [4.69, 9.17) is 0 Å². The predicted octanol–water partition coefficient (Wildman–Crippen LogP) is 5.16. The van der Waals surface area contributed by atoms with Crippen molar-refractivity contribution in [1.29, 1.82) is 0 Å². The molecule has 1 aliphatic rings. The summed E-state index contributed by atoms with van der Waals surface area (Å²) in [6.45, 7) is 0. The van der Waals surface area contributed by atoms with Gasteiger partial charge in [-0.2, -0.15) is 0 Å². The lowest BCUT2D eigenvalue weighted by Crippen LogP contribution is -2.17. The lowest BCUT2D eigenvalue weighted by Gasteiger charge is -2.28. The standard InChI is InChI=1S/C21H24O/c22-21(15-17-7-3-1-4-8-17)16-18-11-13-20(14-12-18)19-9-5-2-6-10-19/h1-10,18,20H,11-16H2. The van der Waals surface area contributed by atoms with Crippen LogP contribution in [0.3, 0.4) is 0 Å². The fourth-order valence-corrected chi connectivity index (χ4v) is 3.64. The van der Waals surface area contributed by atoms with E-state index in [1.165, 1.54) is 31.2 Å². The predicted molar refractivity (Wildman–Crippen MR) is 90.9 cm³/mol. The van der Waals surface area contributed by atoms with E-state index in [0.717, 1.165) is 12.0 Å².